The van der Waals surface area contributed by atoms with Crippen molar-refractivity contribution in [2.45, 2.75) is 57.7 Å². The maximum Gasteiger partial charge on any atom is 0.0718 e. The van der Waals surface area contributed by atoms with Crippen LogP contribution in [0.25, 0.3) is 0 Å². The van der Waals surface area contributed by atoms with Crippen LogP contribution in [0, 0.1) is 5.92 Å². The third-order valence-electron chi connectivity index (χ3n) is 4.28. The molecule has 4 atom stereocenters. The minimum Gasteiger partial charge on any atom is -0.391 e. The van der Waals surface area contributed by atoms with Crippen molar-refractivity contribution in [1.82, 2.24) is 4.90 Å². The zero-order valence-corrected chi connectivity index (χ0v) is 10.6. The first-order chi connectivity index (χ1) is 7.68. The molecule has 3 heteroatoms. The van der Waals surface area contributed by atoms with E-state index < -0.39 is 0 Å². The van der Waals surface area contributed by atoms with Crippen molar-refractivity contribution in [2.24, 2.45) is 5.92 Å². The third-order valence-corrected chi connectivity index (χ3v) is 4.28. The van der Waals surface area contributed by atoms with E-state index in [4.69, 9.17) is 4.74 Å². The average Bonchev–Trinajstić information content (AvgIpc) is 2.76. The number of nitrogens with zero attached hydrogens (tertiary/aromatic N) is 1. The lowest BCUT2D eigenvalue weighted by Crippen LogP contribution is -2.48. The summed E-state index contributed by atoms with van der Waals surface area (Å²) < 4.78 is 5.34. The fourth-order valence-corrected chi connectivity index (χ4v) is 3.06. The summed E-state index contributed by atoms with van der Waals surface area (Å²) in [6.07, 6.45) is 4.71. The molecule has 94 valence electrons. The topological polar surface area (TPSA) is 32.7 Å². The summed E-state index contributed by atoms with van der Waals surface area (Å²) in [4.78, 5) is 2.48. The third kappa shape index (κ3) is 2.76. The van der Waals surface area contributed by atoms with Crippen LogP contribution in [-0.2, 0) is 4.74 Å². The molecule has 4 unspecified atom stereocenters. The maximum atomic E-state index is 10.2. The van der Waals surface area contributed by atoms with Crippen LogP contribution in [-0.4, -0.2) is 48.0 Å². The van der Waals surface area contributed by atoms with Crippen LogP contribution >= 0.6 is 0 Å². The zero-order valence-electron chi connectivity index (χ0n) is 10.6. The van der Waals surface area contributed by atoms with Gasteiger partial charge in [-0.1, -0.05) is 6.42 Å². The fourth-order valence-electron chi connectivity index (χ4n) is 3.06. The lowest BCUT2D eigenvalue weighted by Gasteiger charge is -2.40. The molecule has 0 amide bonds. The van der Waals surface area contributed by atoms with E-state index >= 15 is 0 Å². The lowest BCUT2D eigenvalue weighted by atomic mass is 9.94. The number of ether oxygens (including phenoxy) is 1. The van der Waals surface area contributed by atoms with Crippen LogP contribution in [0.5, 0.6) is 0 Å². The standard InChI is InChI=1S/C13H25NO2/c1-10-4-3-5-11(2)14(10)8-13(15)12-6-7-16-9-12/h10-13,15H,3-9H2,1-2H3. The van der Waals surface area contributed by atoms with E-state index in [1.165, 1.54) is 19.3 Å². The van der Waals surface area contributed by atoms with Crippen molar-refractivity contribution in [3.05, 3.63) is 0 Å². The highest BCUT2D eigenvalue weighted by atomic mass is 16.5. The summed E-state index contributed by atoms with van der Waals surface area (Å²) in [5.41, 5.74) is 0. The Hall–Kier alpha value is -0.120. The molecule has 0 saturated carbocycles. The van der Waals surface area contributed by atoms with E-state index in [2.05, 4.69) is 18.7 Å². The quantitative estimate of drug-likeness (QED) is 0.795. The summed E-state index contributed by atoms with van der Waals surface area (Å²) in [7, 11) is 0. The molecule has 0 radical (unpaired) electrons. The molecule has 0 aromatic rings. The molecule has 2 aliphatic heterocycles. The normalized spacial score (nSPS) is 38.8. The smallest absolute Gasteiger partial charge is 0.0718 e. The number of rotatable bonds is 3. The number of hydrogen-bond donors (Lipinski definition) is 1. The van der Waals surface area contributed by atoms with Crippen LogP contribution in [0.4, 0.5) is 0 Å². The van der Waals surface area contributed by atoms with Crippen molar-refractivity contribution >= 4 is 0 Å². The molecule has 2 saturated heterocycles. The monoisotopic (exact) mass is 227 g/mol. The fraction of sp³-hybridized carbons (Fsp3) is 1.00. The van der Waals surface area contributed by atoms with Gasteiger partial charge >= 0.3 is 0 Å². The van der Waals surface area contributed by atoms with Gasteiger partial charge in [0.2, 0.25) is 0 Å². The molecular weight excluding hydrogens is 202 g/mol. The summed E-state index contributed by atoms with van der Waals surface area (Å²) in [5.74, 6) is 0.362. The Balaban J connectivity index is 1.86. The minimum atomic E-state index is -0.203. The van der Waals surface area contributed by atoms with Crippen molar-refractivity contribution in [3.8, 4) is 0 Å². The second kappa shape index (κ2) is 5.48. The van der Waals surface area contributed by atoms with Gasteiger partial charge in [-0.15, -0.1) is 0 Å². The van der Waals surface area contributed by atoms with Gasteiger partial charge in [-0.25, -0.2) is 0 Å². The first kappa shape index (κ1) is 12.3. The predicted octanol–water partition coefficient (Wildman–Crippen LogP) is 1.65. The number of likely N-dealkylation sites (tertiary alicyclic amines) is 1. The van der Waals surface area contributed by atoms with Crippen LogP contribution < -0.4 is 0 Å². The Kier molecular flexibility index (Phi) is 4.22. The van der Waals surface area contributed by atoms with Crippen LogP contribution in [0.3, 0.4) is 0 Å². The predicted molar refractivity (Wildman–Crippen MR) is 64.4 cm³/mol. The van der Waals surface area contributed by atoms with E-state index in [0.717, 1.165) is 26.2 Å². The van der Waals surface area contributed by atoms with Crippen LogP contribution in [0.2, 0.25) is 0 Å². The summed E-state index contributed by atoms with van der Waals surface area (Å²) in [6, 6.07) is 1.25. The van der Waals surface area contributed by atoms with Gasteiger partial charge in [-0.2, -0.15) is 0 Å². The highest BCUT2D eigenvalue weighted by molar-refractivity contribution is 4.84. The minimum absolute atomic E-state index is 0.203. The van der Waals surface area contributed by atoms with Crippen molar-refractivity contribution in [2.75, 3.05) is 19.8 Å². The van der Waals surface area contributed by atoms with Crippen molar-refractivity contribution in [3.63, 3.8) is 0 Å². The first-order valence-corrected chi connectivity index (χ1v) is 6.70. The van der Waals surface area contributed by atoms with Crippen LogP contribution in [0.1, 0.15) is 39.5 Å². The SMILES string of the molecule is CC1CCCC(C)N1CC(O)C1CCOC1. The molecule has 0 bridgehead atoms. The highest BCUT2D eigenvalue weighted by Gasteiger charge is 2.30. The Labute approximate surface area is 98.8 Å². The molecule has 0 aliphatic carbocycles. The molecule has 3 nitrogen and oxygen atoms in total. The Bertz CT molecular complexity index is 206. The Morgan fingerprint density at radius 2 is 1.94 bits per heavy atom. The number of aliphatic hydroxyl groups is 1. The number of hydrogen-bond acceptors (Lipinski definition) is 3. The molecule has 2 rings (SSSR count). The molecule has 0 aromatic heterocycles. The number of β-amino-alcohol motifs (C(OH)–C–C–N with tert-alkyl or cyclic N) is 1. The zero-order chi connectivity index (χ0) is 11.5. The molecule has 2 aliphatic rings. The molecule has 16 heavy (non-hydrogen) atoms. The highest BCUT2D eigenvalue weighted by Crippen LogP contribution is 2.25. The molecule has 2 fully saturated rings. The van der Waals surface area contributed by atoms with Gasteiger partial charge in [0.05, 0.1) is 12.7 Å². The Morgan fingerprint density at radius 3 is 2.50 bits per heavy atom. The van der Waals surface area contributed by atoms with E-state index in [0.29, 0.717) is 18.0 Å². The van der Waals surface area contributed by atoms with E-state index in [1.807, 2.05) is 0 Å². The van der Waals surface area contributed by atoms with Gasteiger partial charge in [0.15, 0.2) is 0 Å². The lowest BCUT2D eigenvalue weighted by molar-refractivity contribution is 0.0123. The molecule has 2 heterocycles. The van der Waals surface area contributed by atoms with Gasteiger partial charge in [0.1, 0.15) is 0 Å². The summed E-state index contributed by atoms with van der Waals surface area (Å²) in [5, 5.41) is 10.2. The van der Waals surface area contributed by atoms with E-state index in [-0.39, 0.29) is 6.10 Å². The van der Waals surface area contributed by atoms with E-state index in [9.17, 15) is 5.11 Å². The molecule has 1 N–H and O–H groups in total. The van der Waals surface area contributed by atoms with Gasteiger partial charge in [-0.3, -0.25) is 4.90 Å². The van der Waals surface area contributed by atoms with Crippen LogP contribution in [0.15, 0.2) is 0 Å². The molecule has 0 aromatic carbocycles. The summed E-state index contributed by atoms with van der Waals surface area (Å²) >= 11 is 0. The first-order valence-electron chi connectivity index (χ1n) is 6.70. The number of piperidine rings is 1. The number of aliphatic hydroxyl groups excluding tert-OH is 1. The summed E-state index contributed by atoms with van der Waals surface area (Å²) in [6.45, 7) is 6.97. The van der Waals surface area contributed by atoms with Gasteiger partial charge in [0.25, 0.3) is 0 Å². The second-order valence-corrected chi connectivity index (χ2v) is 5.52. The van der Waals surface area contributed by atoms with Gasteiger partial charge in [0, 0.05) is 31.2 Å². The molecular formula is C13H25NO2. The van der Waals surface area contributed by atoms with Crippen molar-refractivity contribution < 1.29 is 9.84 Å². The maximum absolute atomic E-state index is 10.2. The largest absolute Gasteiger partial charge is 0.391 e. The van der Waals surface area contributed by atoms with Gasteiger partial charge in [-0.05, 0) is 33.1 Å². The molecule has 0 spiro atoms. The second-order valence-electron chi connectivity index (χ2n) is 5.52. The average molecular weight is 227 g/mol. The van der Waals surface area contributed by atoms with Gasteiger partial charge < -0.3 is 9.84 Å². The Morgan fingerprint density at radius 1 is 1.25 bits per heavy atom. The van der Waals surface area contributed by atoms with E-state index in [1.54, 1.807) is 0 Å². The van der Waals surface area contributed by atoms with Crippen molar-refractivity contribution in [1.29, 1.82) is 0 Å².